The maximum Gasteiger partial charge on any atom is 0.419 e. The van der Waals surface area contributed by atoms with E-state index in [1.165, 1.54) is 24.4 Å². The molecule has 0 unspecified atom stereocenters. The number of benzene rings is 1. The first-order valence-electron chi connectivity index (χ1n) is 5.78. The second-order valence-electron chi connectivity index (χ2n) is 4.12. The summed E-state index contributed by atoms with van der Waals surface area (Å²) in [6.45, 7) is 0. The lowest BCUT2D eigenvalue weighted by molar-refractivity contribution is -0.138. The van der Waals surface area contributed by atoms with Gasteiger partial charge in [0.2, 0.25) is 5.65 Å². The molecule has 0 amide bonds. The lowest BCUT2D eigenvalue weighted by Crippen LogP contribution is -2.07. The van der Waals surface area contributed by atoms with Crippen LogP contribution in [0, 0.1) is 0 Å². The summed E-state index contributed by atoms with van der Waals surface area (Å²) in [6, 6.07) is 4.96. The van der Waals surface area contributed by atoms with Gasteiger partial charge < -0.3 is 4.74 Å². The van der Waals surface area contributed by atoms with Crippen LogP contribution >= 0.6 is 15.9 Å². The smallest absolute Gasteiger partial charge is 0.419 e. The maximum absolute atomic E-state index is 13.0. The van der Waals surface area contributed by atoms with Gasteiger partial charge in [-0.2, -0.15) is 13.2 Å². The van der Waals surface area contributed by atoms with Gasteiger partial charge in [-0.05, 0) is 28.1 Å². The average molecular weight is 358 g/mol. The van der Waals surface area contributed by atoms with Crippen molar-refractivity contribution in [1.82, 2.24) is 14.4 Å². The molecule has 3 rings (SSSR count). The number of nitrogens with zero attached hydrogens (tertiary/aromatic N) is 3. The van der Waals surface area contributed by atoms with E-state index in [2.05, 4.69) is 25.9 Å². The minimum atomic E-state index is -4.51. The number of aromatic nitrogens is 3. The third-order valence-electron chi connectivity index (χ3n) is 2.71. The van der Waals surface area contributed by atoms with Crippen LogP contribution in [0.2, 0.25) is 0 Å². The highest BCUT2D eigenvalue weighted by Crippen LogP contribution is 2.38. The van der Waals surface area contributed by atoms with E-state index in [-0.39, 0.29) is 11.6 Å². The van der Waals surface area contributed by atoms with Crippen molar-refractivity contribution in [2.75, 3.05) is 0 Å². The summed E-state index contributed by atoms with van der Waals surface area (Å²) in [4.78, 5) is 8.06. The first-order chi connectivity index (χ1) is 9.95. The zero-order chi connectivity index (χ0) is 15.0. The molecule has 0 radical (unpaired) electrons. The van der Waals surface area contributed by atoms with E-state index in [0.717, 1.165) is 6.07 Å². The van der Waals surface area contributed by atoms with Crippen LogP contribution in [0.25, 0.3) is 5.65 Å². The van der Waals surface area contributed by atoms with Gasteiger partial charge in [0.05, 0.1) is 5.56 Å². The molecule has 0 fully saturated rings. The van der Waals surface area contributed by atoms with Crippen LogP contribution in [0.4, 0.5) is 13.2 Å². The lowest BCUT2D eigenvalue weighted by atomic mass is 10.2. The Morgan fingerprint density at radius 1 is 1.19 bits per heavy atom. The molecule has 0 saturated heterocycles. The van der Waals surface area contributed by atoms with Crippen LogP contribution in [0.1, 0.15) is 5.56 Å². The van der Waals surface area contributed by atoms with Crippen molar-refractivity contribution in [2.24, 2.45) is 0 Å². The summed E-state index contributed by atoms with van der Waals surface area (Å²) in [5.41, 5.74) is -0.536. The molecule has 0 N–H and O–H groups in total. The molecule has 21 heavy (non-hydrogen) atoms. The molecule has 0 spiro atoms. The molecule has 0 aliphatic heterocycles. The highest BCUT2D eigenvalue weighted by Gasteiger charge is 2.34. The third-order valence-corrected chi connectivity index (χ3v) is 3.10. The second kappa shape index (κ2) is 5.03. The Bertz CT molecular complexity index is 801. The van der Waals surface area contributed by atoms with E-state index in [1.54, 1.807) is 16.8 Å². The van der Waals surface area contributed by atoms with Crippen molar-refractivity contribution in [2.45, 2.75) is 6.18 Å². The summed E-state index contributed by atoms with van der Waals surface area (Å²) < 4.78 is 46.2. The number of alkyl halides is 3. The molecule has 3 aromatic rings. The molecule has 108 valence electrons. The monoisotopic (exact) mass is 357 g/mol. The molecule has 0 aliphatic rings. The number of ether oxygens (including phenoxy) is 1. The summed E-state index contributed by atoms with van der Waals surface area (Å²) in [7, 11) is 0. The van der Waals surface area contributed by atoms with E-state index in [1.807, 2.05) is 0 Å². The summed E-state index contributed by atoms with van der Waals surface area (Å²) >= 11 is 3.18. The Morgan fingerprint density at radius 2 is 1.95 bits per heavy atom. The van der Waals surface area contributed by atoms with Crippen LogP contribution in [0.3, 0.4) is 0 Å². The van der Waals surface area contributed by atoms with Crippen LogP contribution in [-0.4, -0.2) is 14.4 Å². The largest absolute Gasteiger partial charge is 0.435 e. The number of hydrogen-bond donors (Lipinski definition) is 0. The summed E-state index contributed by atoms with van der Waals surface area (Å²) in [5.74, 6) is -0.327. The van der Waals surface area contributed by atoms with Crippen molar-refractivity contribution in [1.29, 1.82) is 0 Å². The van der Waals surface area contributed by atoms with Gasteiger partial charge in [-0.15, -0.1) is 0 Å². The standard InChI is InChI=1S/C13H7BrF3N3O/c14-10-7-20-6-5-18-11(20)12(19-10)21-9-4-2-1-3-8(9)13(15,16)17/h1-7H. The summed E-state index contributed by atoms with van der Waals surface area (Å²) in [5, 5.41) is 0. The Balaban J connectivity index is 2.09. The molecule has 0 saturated carbocycles. The van der Waals surface area contributed by atoms with Gasteiger partial charge >= 0.3 is 6.18 Å². The first kappa shape index (κ1) is 13.9. The first-order valence-corrected chi connectivity index (χ1v) is 6.58. The quantitative estimate of drug-likeness (QED) is 0.686. The number of halogens is 4. The second-order valence-corrected chi connectivity index (χ2v) is 4.94. The topological polar surface area (TPSA) is 39.4 Å². The number of imidazole rings is 1. The van der Waals surface area contributed by atoms with E-state index >= 15 is 0 Å². The van der Waals surface area contributed by atoms with Crippen molar-refractivity contribution in [3.8, 4) is 11.6 Å². The van der Waals surface area contributed by atoms with Gasteiger partial charge in [0.15, 0.2) is 0 Å². The minimum absolute atomic E-state index is 0.00826. The Hall–Kier alpha value is -2.09. The highest BCUT2D eigenvalue weighted by atomic mass is 79.9. The maximum atomic E-state index is 13.0. The zero-order valence-corrected chi connectivity index (χ0v) is 11.9. The van der Waals surface area contributed by atoms with Gasteiger partial charge in [-0.25, -0.2) is 9.97 Å². The van der Waals surface area contributed by atoms with Crippen molar-refractivity contribution in [3.63, 3.8) is 0 Å². The van der Waals surface area contributed by atoms with Gasteiger partial charge in [0.1, 0.15) is 10.4 Å². The molecule has 2 heterocycles. The highest BCUT2D eigenvalue weighted by molar-refractivity contribution is 9.10. The molecule has 0 aliphatic carbocycles. The lowest BCUT2D eigenvalue weighted by Gasteiger charge is -2.13. The number of hydrogen-bond acceptors (Lipinski definition) is 3. The fourth-order valence-corrected chi connectivity index (χ4v) is 2.22. The van der Waals surface area contributed by atoms with Gasteiger partial charge in [0, 0.05) is 18.6 Å². The van der Waals surface area contributed by atoms with Crippen LogP contribution in [0.5, 0.6) is 11.6 Å². The molecule has 0 bridgehead atoms. The Labute approximate surface area is 125 Å². The van der Waals surface area contributed by atoms with Crippen molar-refractivity contribution < 1.29 is 17.9 Å². The minimum Gasteiger partial charge on any atom is -0.435 e. The number of para-hydroxylation sites is 1. The average Bonchev–Trinajstić information content (AvgIpc) is 2.86. The molecule has 8 heteroatoms. The fraction of sp³-hybridized carbons (Fsp3) is 0.0769. The fourth-order valence-electron chi connectivity index (χ4n) is 1.84. The van der Waals surface area contributed by atoms with E-state index in [4.69, 9.17) is 4.74 Å². The van der Waals surface area contributed by atoms with Crippen LogP contribution in [0.15, 0.2) is 47.5 Å². The van der Waals surface area contributed by atoms with Crippen molar-refractivity contribution >= 4 is 21.6 Å². The molecule has 2 aromatic heterocycles. The SMILES string of the molecule is FC(F)(F)c1ccccc1Oc1nc(Br)cn2ccnc12. The van der Waals surface area contributed by atoms with Gasteiger partial charge in [0.25, 0.3) is 5.88 Å². The van der Waals surface area contributed by atoms with Crippen LogP contribution in [-0.2, 0) is 6.18 Å². The van der Waals surface area contributed by atoms with E-state index < -0.39 is 11.7 Å². The van der Waals surface area contributed by atoms with Crippen molar-refractivity contribution in [3.05, 3.63) is 53.0 Å². The predicted molar refractivity (Wildman–Crippen MR) is 72.2 cm³/mol. The molecular formula is C13H7BrF3N3O. The Kier molecular flexibility index (Phi) is 3.32. The van der Waals surface area contributed by atoms with Gasteiger partial charge in [-0.3, -0.25) is 4.40 Å². The number of rotatable bonds is 2. The third kappa shape index (κ3) is 2.71. The van der Waals surface area contributed by atoms with E-state index in [9.17, 15) is 13.2 Å². The molecule has 0 atom stereocenters. The van der Waals surface area contributed by atoms with E-state index in [0.29, 0.717) is 10.3 Å². The predicted octanol–water partition coefficient (Wildman–Crippen LogP) is 4.30. The summed E-state index contributed by atoms with van der Waals surface area (Å²) in [6.07, 6.45) is 0.273. The Morgan fingerprint density at radius 3 is 2.71 bits per heavy atom. The van der Waals surface area contributed by atoms with Crippen LogP contribution < -0.4 is 4.74 Å². The normalized spacial score (nSPS) is 11.8. The molecule has 4 nitrogen and oxygen atoms in total. The molecule has 1 aromatic carbocycles. The molecular weight excluding hydrogens is 351 g/mol. The number of fused-ring (bicyclic) bond motifs is 1. The van der Waals surface area contributed by atoms with Gasteiger partial charge in [-0.1, -0.05) is 12.1 Å². The zero-order valence-electron chi connectivity index (χ0n) is 10.3.